The molecule has 3 N–H and O–H groups in total. The van der Waals surface area contributed by atoms with E-state index in [1.807, 2.05) is 0 Å². The molecule has 0 aliphatic rings. The van der Waals surface area contributed by atoms with Gasteiger partial charge in [-0.25, -0.2) is 12.8 Å². The molecule has 6 nitrogen and oxygen atoms in total. The number of hydrogen-bond donors (Lipinski definition) is 3. The Morgan fingerprint density at radius 3 is 2.29 bits per heavy atom. The van der Waals surface area contributed by atoms with Crippen LogP contribution in [0.15, 0.2) is 29.2 Å². The number of aliphatic carboxylic acids is 1. The van der Waals surface area contributed by atoms with Crippen molar-refractivity contribution in [1.82, 2.24) is 4.72 Å². The van der Waals surface area contributed by atoms with Crippen LogP contribution < -0.4 is 4.72 Å². The first kappa shape index (κ1) is 13.6. The molecular weight excluding hydrogens is 253 g/mol. The average Bonchev–Trinajstić information content (AvgIpc) is 2.26. The van der Waals surface area contributed by atoms with E-state index < -0.39 is 34.5 Å². The fourth-order valence-electron chi connectivity index (χ4n) is 1.03. The smallest absolute Gasteiger partial charge is 0.324 e. The molecule has 0 aromatic heterocycles. The molecule has 0 heterocycles. The van der Waals surface area contributed by atoms with Gasteiger partial charge in [-0.05, 0) is 24.3 Å². The minimum Gasteiger partial charge on any atom is -0.480 e. The Morgan fingerprint density at radius 2 is 1.88 bits per heavy atom. The second-order valence-corrected chi connectivity index (χ2v) is 4.86. The first-order valence-corrected chi connectivity index (χ1v) is 5.96. The third-order valence-electron chi connectivity index (χ3n) is 1.90. The summed E-state index contributed by atoms with van der Waals surface area (Å²) in [7, 11) is -4.09. The highest BCUT2D eigenvalue weighted by Gasteiger charge is 2.24. The van der Waals surface area contributed by atoms with E-state index in [4.69, 9.17) is 10.2 Å². The van der Waals surface area contributed by atoms with Crippen molar-refractivity contribution in [1.29, 1.82) is 0 Å². The molecule has 1 aromatic carbocycles. The highest BCUT2D eigenvalue weighted by molar-refractivity contribution is 7.89. The molecule has 0 bridgehead atoms. The fraction of sp³-hybridized carbons (Fsp3) is 0.222. The zero-order valence-electron chi connectivity index (χ0n) is 8.50. The number of rotatable bonds is 5. The predicted octanol–water partition coefficient (Wildman–Crippen LogP) is -0.451. The normalized spacial score (nSPS) is 13.3. The number of aliphatic hydroxyl groups is 1. The molecule has 1 atom stereocenters. The SMILES string of the molecule is O=C(O)[C@H](CO)NS(=O)(=O)c1ccc(F)cc1. The van der Waals surface area contributed by atoms with E-state index in [2.05, 4.69) is 0 Å². The average molecular weight is 263 g/mol. The van der Waals surface area contributed by atoms with Crippen LogP contribution >= 0.6 is 0 Å². The van der Waals surface area contributed by atoms with Crippen LogP contribution in [0.2, 0.25) is 0 Å². The molecule has 17 heavy (non-hydrogen) atoms. The maximum Gasteiger partial charge on any atom is 0.324 e. The number of carboxylic acids is 1. The van der Waals surface area contributed by atoms with Gasteiger partial charge in [0, 0.05) is 0 Å². The van der Waals surface area contributed by atoms with E-state index in [0.29, 0.717) is 0 Å². The molecule has 0 amide bonds. The van der Waals surface area contributed by atoms with Crippen molar-refractivity contribution in [2.75, 3.05) is 6.61 Å². The number of halogens is 1. The monoisotopic (exact) mass is 263 g/mol. The molecule has 94 valence electrons. The molecule has 0 aliphatic heterocycles. The van der Waals surface area contributed by atoms with Gasteiger partial charge in [0.2, 0.25) is 10.0 Å². The van der Waals surface area contributed by atoms with Gasteiger partial charge in [-0.15, -0.1) is 0 Å². The van der Waals surface area contributed by atoms with Crippen molar-refractivity contribution in [2.24, 2.45) is 0 Å². The summed E-state index contributed by atoms with van der Waals surface area (Å²) < 4.78 is 37.6. The van der Waals surface area contributed by atoms with Crippen LogP contribution in [-0.4, -0.2) is 37.2 Å². The Labute approximate surface area is 96.8 Å². The lowest BCUT2D eigenvalue weighted by Crippen LogP contribution is -2.43. The first-order valence-electron chi connectivity index (χ1n) is 4.48. The van der Waals surface area contributed by atoms with E-state index in [1.165, 1.54) is 0 Å². The summed E-state index contributed by atoms with van der Waals surface area (Å²) in [4.78, 5) is 10.3. The van der Waals surface area contributed by atoms with Gasteiger partial charge in [0.15, 0.2) is 0 Å². The lowest BCUT2D eigenvalue weighted by molar-refractivity contribution is -0.139. The number of benzene rings is 1. The van der Waals surface area contributed by atoms with Crippen molar-refractivity contribution in [3.8, 4) is 0 Å². The summed E-state index contributed by atoms with van der Waals surface area (Å²) in [6.45, 7) is -0.879. The topological polar surface area (TPSA) is 104 Å². The Morgan fingerprint density at radius 1 is 1.35 bits per heavy atom. The number of aliphatic hydroxyl groups excluding tert-OH is 1. The zero-order chi connectivity index (χ0) is 13.1. The summed E-state index contributed by atoms with van der Waals surface area (Å²) in [6.07, 6.45) is 0. The zero-order valence-corrected chi connectivity index (χ0v) is 9.32. The van der Waals surface area contributed by atoms with E-state index in [9.17, 15) is 17.6 Å². The van der Waals surface area contributed by atoms with Crippen molar-refractivity contribution in [3.63, 3.8) is 0 Å². The molecule has 1 aromatic rings. The lowest BCUT2D eigenvalue weighted by Gasteiger charge is -2.11. The Hall–Kier alpha value is -1.51. The molecule has 0 saturated carbocycles. The molecule has 0 unspecified atom stereocenters. The van der Waals surface area contributed by atoms with Gasteiger partial charge in [0.1, 0.15) is 11.9 Å². The largest absolute Gasteiger partial charge is 0.480 e. The predicted molar refractivity (Wildman–Crippen MR) is 55.2 cm³/mol. The highest BCUT2D eigenvalue weighted by Crippen LogP contribution is 2.10. The van der Waals surface area contributed by atoms with Crippen LogP contribution in [0.1, 0.15) is 0 Å². The maximum atomic E-state index is 12.6. The summed E-state index contributed by atoms with van der Waals surface area (Å²) in [5.41, 5.74) is 0. The van der Waals surface area contributed by atoms with Gasteiger partial charge in [0.05, 0.1) is 11.5 Å². The van der Waals surface area contributed by atoms with Crippen molar-refractivity contribution in [2.45, 2.75) is 10.9 Å². The van der Waals surface area contributed by atoms with Crippen LogP contribution in [0.3, 0.4) is 0 Å². The Bertz CT molecular complexity index is 499. The van der Waals surface area contributed by atoms with Gasteiger partial charge in [0.25, 0.3) is 0 Å². The van der Waals surface area contributed by atoms with Crippen LogP contribution in [0.25, 0.3) is 0 Å². The Balaban J connectivity index is 2.96. The van der Waals surface area contributed by atoms with Gasteiger partial charge < -0.3 is 10.2 Å². The number of nitrogens with one attached hydrogen (secondary N) is 1. The molecule has 0 saturated heterocycles. The molecule has 8 heteroatoms. The van der Waals surface area contributed by atoms with Gasteiger partial charge in [-0.1, -0.05) is 0 Å². The molecule has 0 radical (unpaired) electrons. The lowest BCUT2D eigenvalue weighted by atomic mass is 10.3. The second kappa shape index (κ2) is 5.21. The summed E-state index contributed by atoms with van der Waals surface area (Å²) in [5, 5.41) is 17.3. The number of hydrogen-bond acceptors (Lipinski definition) is 4. The maximum absolute atomic E-state index is 12.6. The van der Waals surface area contributed by atoms with Crippen LogP contribution in [0, 0.1) is 5.82 Å². The third-order valence-corrected chi connectivity index (χ3v) is 3.39. The summed E-state index contributed by atoms with van der Waals surface area (Å²) in [5.74, 6) is -2.11. The van der Waals surface area contributed by atoms with Crippen LogP contribution in [0.5, 0.6) is 0 Å². The van der Waals surface area contributed by atoms with Crippen molar-refractivity contribution >= 4 is 16.0 Å². The van der Waals surface area contributed by atoms with Crippen molar-refractivity contribution in [3.05, 3.63) is 30.1 Å². The van der Waals surface area contributed by atoms with E-state index in [0.717, 1.165) is 24.3 Å². The van der Waals surface area contributed by atoms with Gasteiger partial charge >= 0.3 is 5.97 Å². The summed E-state index contributed by atoms with van der Waals surface area (Å²) >= 11 is 0. The first-order chi connectivity index (χ1) is 7.86. The molecule has 1 rings (SSSR count). The third kappa shape index (κ3) is 3.48. The quantitative estimate of drug-likeness (QED) is 0.667. The molecule has 0 fully saturated rings. The van der Waals surface area contributed by atoms with E-state index in [-0.39, 0.29) is 4.90 Å². The van der Waals surface area contributed by atoms with E-state index in [1.54, 1.807) is 4.72 Å². The van der Waals surface area contributed by atoms with Gasteiger partial charge in [-0.2, -0.15) is 4.72 Å². The van der Waals surface area contributed by atoms with Crippen LogP contribution in [0.4, 0.5) is 4.39 Å². The minimum absolute atomic E-state index is 0.279. The highest BCUT2D eigenvalue weighted by atomic mass is 32.2. The molecule has 0 spiro atoms. The number of sulfonamides is 1. The van der Waals surface area contributed by atoms with Gasteiger partial charge in [-0.3, -0.25) is 4.79 Å². The van der Waals surface area contributed by atoms with E-state index >= 15 is 0 Å². The number of carboxylic acid groups (broad SMARTS) is 1. The fourth-order valence-corrected chi connectivity index (χ4v) is 2.22. The molecular formula is C9H10FNO5S. The van der Waals surface area contributed by atoms with Crippen LogP contribution in [-0.2, 0) is 14.8 Å². The standard InChI is InChI=1S/C9H10FNO5S/c10-6-1-3-7(4-2-6)17(15,16)11-8(5-12)9(13)14/h1-4,8,11-12H,5H2,(H,13,14)/t8-/m0/s1. The minimum atomic E-state index is -4.09. The van der Waals surface area contributed by atoms with Crippen molar-refractivity contribution < 1.29 is 27.8 Å². The summed E-state index contributed by atoms with van der Waals surface area (Å²) in [6, 6.07) is 2.22. The Kier molecular flexibility index (Phi) is 4.16. The number of carbonyl (C=O) groups is 1. The molecule has 0 aliphatic carbocycles. The second-order valence-electron chi connectivity index (χ2n) is 3.15.